The van der Waals surface area contributed by atoms with E-state index in [4.69, 9.17) is 14.5 Å². The minimum Gasteiger partial charge on any atom is -0.493 e. The number of hydrogen-bond acceptors (Lipinski definition) is 4. The average Bonchev–Trinajstić information content (AvgIpc) is 2.73. The van der Waals surface area contributed by atoms with Gasteiger partial charge in [0.25, 0.3) is 0 Å². The molecule has 31 heavy (non-hydrogen) atoms. The molecule has 0 aliphatic carbocycles. The lowest BCUT2D eigenvalue weighted by Gasteiger charge is -2.33. The summed E-state index contributed by atoms with van der Waals surface area (Å²) in [6.45, 7) is 15.8. The van der Waals surface area contributed by atoms with Crippen LogP contribution in [-0.4, -0.2) is 63.3 Å². The molecule has 0 unspecified atom stereocenters. The van der Waals surface area contributed by atoms with E-state index in [0.29, 0.717) is 12.6 Å². The number of aryl methyl sites for hydroxylation is 1. The normalized spacial score (nSPS) is 15.2. The van der Waals surface area contributed by atoms with Gasteiger partial charge in [-0.25, -0.2) is 0 Å². The van der Waals surface area contributed by atoms with Gasteiger partial charge in [-0.2, -0.15) is 0 Å². The smallest absolute Gasteiger partial charge is 0.191 e. The van der Waals surface area contributed by atoms with Gasteiger partial charge in [-0.05, 0) is 64.2 Å². The number of aliphatic imine (C=N–C) groups is 1. The zero-order chi connectivity index (χ0) is 21.8. The molecule has 1 heterocycles. The van der Waals surface area contributed by atoms with Crippen LogP contribution in [0.15, 0.2) is 35.3 Å². The number of nitrogens with one attached hydrogen (secondary N) is 2. The molecule has 6 nitrogen and oxygen atoms in total. The molecule has 1 fully saturated rings. The largest absolute Gasteiger partial charge is 0.493 e. The van der Waals surface area contributed by atoms with E-state index in [0.717, 1.165) is 75.9 Å². The Balaban J connectivity index is 0.00000480. The second-order valence-electron chi connectivity index (χ2n) is 7.93. The number of likely N-dealkylation sites (tertiary alicyclic amines) is 1. The van der Waals surface area contributed by atoms with Crippen LogP contribution in [0.2, 0.25) is 0 Å². The first-order chi connectivity index (χ1) is 14.5. The summed E-state index contributed by atoms with van der Waals surface area (Å²) in [6.07, 6.45) is 4.24. The van der Waals surface area contributed by atoms with Gasteiger partial charge >= 0.3 is 0 Å². The number of rotatable bonds is 11. The van der Waals surface area contributed by atoms with E-state index in [1.807, 2.05) is 13.0 Å². The molecule has 1 aromatic carbocycles. The molecule has 0 bridgehead atoms. The van der Waals surface area contributed by atoms with Crippen molar-refractivity contribution in [2.45, 2.75) is 52.5 Å². The van der Waals surface area contributed by atoms with E-state index in [1.54, 1.807) is 7.11 Å². The first kappa shape index (κ1) is 27.6. The van der Waals surface area contributed by atoms with Crippen LogP contribution in [0.1, 0.15) is 45.6 Å². The van der Waals surface area contributed by atoms with Crippen LogP contribution in [0, 0.1) is 0 Å². The second-order valence-corrected chi connectivity index (χ2v) is 7.93. The van der Waals surface area contributed by atoms with Gasteiger partial charge in [-0.15, -0.1) is 24.0 Å². The topological polar surface area (TPSA) is 58.1 Å². The van der Waals surface area contributed by atoms with Crippen molar-refractivity contribution in [1.82, 2.24) is 15.5 Å². The lowest BCUT2D eigenvalue weighted by molar-refractivity contribution is 0.221. The average molecular weight is 545 g/mol. The number of nitrogens with zero attached hydrogens (tertiary/aromatic N) is 2. The SMILES string of the molecule is C=C(C)CN1CCC(NC(=NCCCc2ccc(OC)c(OCC)c2)NCC)CC1.I. The number of piperidine rings is 1. The van der Waals surface area contributed by atoms with Crippen molar-refractivity contribution in [3.05, 3.63) is 35.9 Å². The highest BCUT2D eigenvalue weighted by atomic mass is 127. The van der Waals surface area contributed by atoms with Crippen LogP contribution < -0.4 is 20.1 Å². The zero-order valence-corrected chi connectivity index (χ0v) is 22.0. The highest BCUT2D eigenvalue weighted by Gasteiger charge is 2.19. The summed E-state index contributed by atoms with van der Waals surface area (Å²) < 4.78 is 11.0. The maximum Gasteiger partial charge on any atom is 0.191 e. The number of methoxy groups -OCH3 is 1. The first-order valence-electron chi connectivity index (χ1n) is 11.3. The molecule has 1 aliphatic heterocycles. The number of guanidine groups is 1. The zero-order valence-electron chi connectivity index (χ0n) is 19.7. The molecule has 1 saturated heterocycles. The molecule has 0 spiro atoms. The van der Waals surface area contributed by atoms with Gasteiger partial charge in [0.1, 0.15) is 0 Å². The predicted molar refractivity (Wildman–Crippen MR) is 141 cm³/mol. The number of ether oxygens (including phenoxy) is 2. The molecule has 0 saturated carbocycles. The van der Waals surface area contributed by atoms with Crippen molar-refractivity contribution >= 4 is 29.9 Å². The second kappa shape index (κ2) is 15.3. The summed E-state index contributed by atoms with van der Waals surface area (Å²) in [5.74, 6) is 2.53. The van der Waals surface area contributed by atoms with E-state index in [9.17, 15) is 0 Å². The summed E-state index contributed by atoms with van der Waals surface area (Å²) >= 11 is 0. The van der Waals surface area contributed by atoms with Gasteiger partial charge in [-0.1, -0.05) is 18.2 Å². The number of hydrogen-bond donors (Lipinski definition) is 2. The Morgan fingerprint density at radius 2 is 1.97 bits per heavy atom. The molecule has 7 heteroatoms. The van der Waals surface area contributed by atoms with Crippen molar-refractivity contribution < 1.29 is 9.47 Å². The monoisotopic (exact) mass is 544 g/mol. The Hall–Kier alpha value is -1.48. The van der Waals surface area contributed by atoms with Gasteiger partial charge in [0.15, 0.2) is 17.5 Å². The van der Waals surface area contributed by atoms with Crippen LogP contribution in [0.3, 0.4) is 0 Å². The minimum absolute atomic E-state index is 0. The fraction of sp³-hybridized carbons (Fsp3) is 0.625. The van der Waals surface area contributed by atoms with Gasteiger partial charge < -0.3 is 20.1 Å². The van der Waals surface area contributed by atoms with Crippen molar-refractivity contribution in [2.24, 2.45) is 4.99 Å². The van der Waals surface area contributed by atoms with Crippen LogP contribution >= 0.6 is 24.0 Å². The summed E-state index contributed by atoms with van der Waals surface area (Å²) in [5.41, 5.74) is 2.49. The van der Waals surface area contributed by atoms with Gasteiger partial charge in [0.05, 0.1) is 13.7 Å². The Labute approximate surface area is 205 Å². The van der Waals surface area contributed by atoms with E-state index in [2.05, 4.69) is 48.1 Å². The van der Waals surface area contributed by atoms with E-state index in [-0.39, 0.29) is 24.0 Å². The van der Waals surface area contributed by atoms with Crippen molar-refractivity contribution in [1.29, 1.82) is 0 Å². The molecular formula is C24H41IN4O2. The van der Waals surface area contributed by atoms with E-state index >= 15 is 0 Å². The maximum atomic E-state index is 5.68. The Bertz CT molecular complexity index is 688. The van der Waals surface area contributed by atoms with Crippen LogP contribution in [0.5, 0.6) is 11.5 Å². The van der Waals surface area contributed by atoms with Crippen LogP contribution in [-0.2, 0) is 6.42 Å². The molecule has 0 aromatic heterocycles. The fourth-order valence-electron chi connectivity index (χ4n) is 3.75. The molecule has 1 aromatic rings. The Morgan fingerprint density at radius 1 is 1.23 bits per heavy atom. The summed E-state index contributed by atoms with van der Waals surface area (Å²) in [5, 5.41) is 7.01. The van der Waals surface area contributed by atoms with Crippen molar-refractivity contribution in [2.75, 3.05) is 46.4 Å². The van der Waals surface area contributed by atoms with Gasteiger partial charge in [0.2, 0.25) is 0 Å². The quantitative estimate of drug-likeness (QED) is 0.144. The third-order valence-corrected chi connectivity index (χ3v) is 5.19. The van der Waals surface area contributed by atoms with Crippen molar-refractivity contribution in [3.8, 4) is 11.5 Å². The highest BCUT2D eigenvalue weighted by Crippen LogP contribution is 2.28. The van der Waals surface area contributed by atoms with Crippen LogP contribution in [0.25, 0.3) is 0 Å². The van der Waals surface area contributed by atoms with Gasteiger partial charge in [0, 0.05) is 38.8 Å². The standard InChI is InChI=1S/C24H40N4O2.HI/c1-6-25-24(27-21-12-15-28(16-13-21)18-19(3)4)26-14-8-9-20-10-11-22(29-5)23(17-20)30-7-2;/h10-11,17,21H,3,6-9,12-16,18H2,1-2,4-5H3,(H2,25,26,27);1H. The Morgan fingerprint density at radius 3 is 2.58 bits per heavy atom. The maximum absolute atomic E-state index is 5.68. The van der Waals surface area contributed by atoms with E-state index < -0.39 is 0 Å². The molecule has 0 amide bonds. The number of benzene rings is 1. The number of halogens is 1. The van der Waals surface area contributed by atoms with Crippen molar-refractivity contribution in [3.63, 3.8) is 0 Å². The lowest BCUT2D eigenvalue weighted by atomic mass is 10.0. The highest BCUT2D eigenvalue weighted by molar-refractivity contribution is 14.0. The molecule has 0 atom stereocenters. The lowest BCUT2D eigenvalue weighted by Crippen LogP contribution is -2.48. The molecule has 2 N–H and O–H groups in total. The molecule has 176 valence electrons. The summed E-state index contributed by atoms with van der Waals surface area (Å²) in [7, 11) is 1.67. The third kappa shape index (κ3) is 10.1. The summed E-state index contributed by atoms with van der Waals surface area (Å²) in [4.78, 5) is 7.28. The summed E-state index contributed by atoms with van der Waals surface area (Å²) in [6, 6.07) is 6.65. The van der Waals surface area contributed by atoms with Crippen LogP contribution in [0.4, 0.5) is 0 Å². The third-order valence-electron chi connectivity index (χ3n) is 5.19. The molecule has 0 radical (unpaired) electrons. The molecule has 2 rings (SSSR count). The van der Waals surface area contributed by atoms with Gasteiger partial charge in [-0.3, -0.25) is 9.89 Å². The minimum atomic E-state index is 0. The van der Waals surface area contributed by atoms with E-state index in [1.165, 1.54) is 11.1 Å². The fourth-order valence-corrected chi connectivity index (χ4v) is 3.75. The first-order valence-corrected chi connectivity index (χ1v) is 11.3. The molecule has 1 aliphatic rings. The molecular weight excluding hydrogens is 503 g/mol. The predicted octanol–water partition coefficient (Wildman–Crippen LogP) is 4.24. The Kier molecular flexibility index (Phi) is 13.6.